The van der Waals surface area contributed by atoms with Crippen molar-refractivity contribution in [3.05, 3.63) is 0 Å². The zero-order valence-corrected chi connectivity index (χ0v) is 11.0. The number of morpholine rings is 1. The van der Waals surface area contributed by atoms with Crippen molar-refractivity contribution in [2.45, 2.75) is 57.7 Å². The van der Waals surface area contributed by atoms with Crippen molar-refractivity contribution in [1.82, 2.24) is 10.2 Å². The van der Waals surface area contributed by atoms with E-state index in [9.17, 15) is 0 Å². The Morgan fingerprint density at radius 2 is 2.19 bits per heavy atom. The zero-order chi connectivity index (χ0) is 11.6. The van der Waals surface area contributed by atoms with Gasteiger partial charge in [0.1, 0.15) is 0 Å². The Morgan fingerprint density at radius 3 is 2.81 bits per heavy atom. The maximum Gasteiger partial charge on any atom is 0.0753 e. The fourth-order valence-corrected chi connectivity index (χ4v) is 2.40. The minimum atomic E-state index is 0.0381. The first-order chi connectivity index (χ1) is 7.57. The predicted molar refractivity (Wildman–Crippen MR) is 66.7 cm³/mol. The molecule has 0 radical (unpaired) electrons. The average Bonchev–Trinajstić information content (AvgIpc) is 3.00. The molecule has 1 unspecified atom stereocenters. The molecule has 1 N–H and O–H groups in total. The topological polar surface area (TPSA) is 24.5 Å². The fourth-order valence-electron chi connectivity index (χ4n) is 2.40. The van der Waals surface area contributed by atoms with Gasteiger partial charge in [-0.05, 0) is 46.6 Å². The van der Waals surface area contributed by atoms with E-state index in [-0.39, 0.29) is 5.60 Å². The molecule has 16 heavy (non-hydrogen) atoms. The van der Waals surface area contributed by atoms with Gasteiger partial charge in [0.2, 0.25) is 0 Å². The molecule has 0 aromatic heterocycles. The number of nitrogens with zero attached hydrogens (tertiary/aromatic N) is 1. The minimum absolute atomic E-state index is 0.0381. The highest BCUT2D eigenvalue weighted by molar-refractivity contribution is 4.84. The van der Waals surface area contributed by atoms with Crippen LogP contribution in [0.4, 0.5) is 0 Å². The van der Waals surface area contributed by atoms with E-state index in [1.807, 2.05) is 0 Å². The number of hydrogen-bond acceptors (Lipinski definition) is 3. The van der Waals surface area contributed by atoms with Crippen molar-refractivity contribution >= 4 is 0 Å². The molecule has 1 heterocycles. The van der Waals surface area contributed by atoms with Gasteiger partial charge >= 0.3 is 0 Å². The molecule has 3 nitrogen and oxygen atoms in total. The van der Waals surface area contributed by atoms with Crippen LogP contribution in [0.25, 0.3) is 0 Å². The lowest BCUT2D eigenvalue weighted by molar-refractivity contribution is -0.0959. The van der Waals surface area contributed by atoms with Gasteiger partial charge in [-0.25, -0.2) is 0 Å². The Bertz CT molecular complexity index is 226. The molecule has 1 aliphatic carbocycles. The molecule has 2 rings (SSSR count). The molecule has 1 saturated carbocycles. The van der Waals surface area contributed by atoms with Crippen LogP contribution in [-0.2, 0) is 4.74 Å². The second-order valence-electron chi connectivity index (χ2n) is 5.94. The predicted octanol–water partition coefficient (Wildman–Crippen LogP) is 1.63. The summed E-state index contributed by atoms with van der Waals surface area (Å²) in [7, 11) is 0. The van der Waals surface area contributed by atoms with Gasteiger partial charge in [0, 0.05) is 25.2 Å². The molecule has 1 aliphatic heterocycles. The molecule has 1 saturated heterocycles. The van der Waals surface area contributed by atoms with E-state index in [1.54, 1.807) is 0 Å². The third kappa shape index (κ3) is 3.72. The first-order valence-corrected chi connectivity index (χ1v) is 6.68. The third-order valence-corrected chi connectivity index (χ3v) is 3.65. The zero-order valence-electron chi connectivity index (χ0n) is 11.0. The molecule has 0 aromatic carbocycles. The molecule has 0 bridgehead atoms. The van der Waals surface area contributed by atoms with Crippen LogP contribution in [0.2, 0.25) is 0 Å². The summed E-state index contributed by atoms with van der Waals surface area (Å²) in [4.78, 5) is 2.57. The number of rotatable bonds is 5. The molecule has 1 atom stereocenters. The van der Waals surface area contributed by atoms with E-state index in [4.69, 9.17) is 4.74 Å². The Balaban J connectivity index is 1.68. The highest BCUT2D eigenvalue weighted by atomic mass is 16.5. The maximum absolute atomic E-state index is 5.74. The molecule has 3 heteroatoms. The Kier molecular flexibility index (Phi) is 3.88. The van der Waals surface area contributed by atoms with Crippen LogP contribution in [-0.4, -0.2) is 48.8 Å². The van der Waals surface area contributed by atoms with Gasteiger partial charge < -0.3 is 10.1 Å². The minimum Gasteiger partial charge on any atom is -0.373 e. The maximum atomic E-state index is 5.74. The number of ether oxygens (including phenoxy) is 1. The van der Waals surface area contributed by atoms with Crippen LogP contribution in [0.5, 0.6) is 0 Å². The highest BCUT2D eigenvalue weighted by Gasteiger charge is 2.29. The van der Waals surface area contributed by atoms with E-state index in [2.05, 4.69) is 31.0 Å². The largest absolute Gasteiger partial charge is 0.373 e. The van der Waals surface area contributed by atoms with Gasteiger partial charge in [-0.2, -0.15) is 0 Å². The van der Waals surface area contributed by atoms with Crippen LogP contribution >= 0.6 is 0 Å². The normalized spacial score (nSPS) is 27.9. The fraction of sp³-hybridized carbons (Fsp3) is 1.00. The van der Waals surface area contributed by atoms with Crippen molar-refractivity contribution < 1.29 is 4.74 Å². The van der Waals surface area contributed by atoms with Crippen LogP contribution in [0.1, 0.15) is 40.0 Å². The highest BCUT2D eigenvalue weighted by Crippen LogP contribution is 2.20. The lowest BCUT2D eigenvalue weighted by Gasteiger charge is -2.41. The molecule has 94 valence electrons. The average molecular weight is 226 g/mol. The van der Waals surface area contributed by atoms with Crippen LogP contribution in [0.15, 0.2) is 0 Å². The van der Waals surface area contributed by atoms with E-state index in [0.29, 0.717) is 6.04 Å². The summed E-state index contributed by atoms with van der Waals surface area (Å²) in [6.07, 6.45) is 4.03. The van der Waals surface area contributed by atoms with E-state index >= 15 is 0 Å². The molecular formula is C13H26N2O. The van der Waals surface area contributed by atoms with Gasteiger partial charge in [0.15, 0.2) is 0 Å². The molecule has 2 aliphatic rings. The van der Waals surface area contributed by atoms with Gasteiger partial charge in [0.25, 0.3) is 0 Å². The molecule has 2 fully saturated rings. The molecule has 0 spiro atoms. The quantitative estimate of drug-likeness (QED) is 0.771. The van der Waals surface area contributed by atoms with Crippen molar-refractivity contribution in [3.63, 3.8) is 0 Å². The second-order valence-corrected chi connectivity index (χ2v) is 5.94. The summed E-state index contributed by atoms with van der Waals surface area (Å²) in [5.74, 6) is 0. The van der Waals surface area contributed by atoms with Crippen LogP contribution in [0.3, 0.4) is 0 Å². The third-order valence-electron chi connectivity index (χ3n) is 3.65. The first kappa shape index (κ1) is 12.3. The van der Waals surface area contributed by atoms with Crippen molar-refractivity contribution in [2.75, 3.05) is 26.2 Å². The van der Waals surface area contributed by atoms with E-state index in [0.717, 1.165) is 25.7 Å². The Morgan fingerprint density at radius 1 is 1.44 bits per heavy atom. The van der Waals surface area contributed by atoms with Gasteiger partial charge in [-0.1, -0.05) is 0 Å². The smallest absolute Gasteiger partial charge is 0.0753 e. The monoisotopic (exact) mass is 226 g/mol. The van der Waals surface area contributed by atoms with Crippen molar-refractivity contribution in [3.8, 4) is 0 Å². The molecular weight excluding hydrogens is 200 g/mol. The molecule has 0 aromatic rings. The van der Waals surface area contributed by atoms with E-state index < -0.39 is 0 Å². The number of hydrogen-bond donors (Lipinski definition) is 1. The van der Waals surface area contributed by atoms with Crippen molar-refractivity contribution in [1.29, 1.82) is 0 Å². The summed E-state index contributed by atoms with van der Waals surface area (Å²) in [5, 5.41) is 3.59. The Labute approximate surface area is 99.5 Å². The SMILES string of the molecule is CC(CCNC1CC1)N1CCOC(C)(C)C1. The van der Waals surface area contributed by atoms with Crippen LogP contribution < -0.4 is 5.32 Å². The summed E-state index contributed by atoms with van der Waals surface area (Å²) in [5.41, 5.74) is 0.0381. The Hall–Kier alpha value is -0.120. The summed E-state index contributed by atoms with van der Waals surface area (Å²) < 4.78 is 5.74. The standard InChI is InChI=1S/C13H26N2O/c1-11(6-7-14-12-4-5-12)15-8-9-16-13(2,3)10-15/h11-12,14H,4-10H2,1-3H3. The van der Waals surface area contributed by atoms with Crippen molar-refractivity contribution in [2.24, 2.45) is 0 Å². The van der Waals surface area contributed by atoms with Gasteiger partial charge in [-0.3, -0.25) is 4.90 Å². The van der Waals surface area contributed by atoms with Gasteiger partial charge in [-0.15, -0.1) is 0 Å². The number of nitrogens with one attached hydrogen (secondary N) is 1. The van der Waals surface area contributed by atoms with E-state index in [1.165, 1.54) is 25.8 Å². The molecule has 0 amide bonds. The summed E-state index contributed by atoms with van der Waals surface area (Å²) >= 11 is 0. The first-order valence-electron chi connectivity index (χ1n) is 6.68. The second kappa shape index (κ2) is 5.03. The lowest BCUT2D eigenvalue weighted by atomic mass is 10.0. The van der Waals surface area contributed by atoms with Gasteiger partial charge in [0.05, 0.1) is 12.2 Å². The summed E-state index contributed by atoms with van der Waals surface area (Å²) in [6, 6.07) is 1.52. The summed E-state index contributed by atoms with van der Waals surface area (Å²) in [6.45, 7) is 10.9. The lowest BCUT2D eigenvalue weighted by Crippen LogP contribution is -2.51. The van der Waals surface area contributed by atoms with Crippen LogP contribution in [0, 0.1) is 0 Å².